The van der Waals surface area contributed by atoms with E-state index in [1.54, 1.807) is 25.4 Å². The van der Waals surface area contributed by atoms with Crippen LogP contribution in [-0.4, -0.2) is 29.9 Å². The van der Waals surface area contributed by atoms with Crippen molar-refractivity contribution in [2.45, 2.75) is 50.9 Å². The van der Waals surface area contributed by atoms with Crippen LogP contribution < -0.4 is 5.56 Å². The molecule has 5 heteroatoms. The molecule has 0 aliphatic heterocycles. The SMILES string of the molecule is COC1CCCCC1OC(=O)CCn1ccccc1=O. The molecule has 1 aliphatic rings. The first kappa shape index (κ1) is 14.8. The predicted octanol–water partition coefficient (Wildman–Crippen LogP) is 1.74. The van der Waals surface area contributed by atoms with Gasteiger partial charge >= 0.3 is 5.97 Å². The minimum Gasteiger partial charge on any atom is -0.460 e. The fourth-order valence-electron chi connectivity index (χ4n) is 2.55. The zero-order chi connectivity index (χ0) is 14.4. The largest absolute Gasteiger partial charge is 0.460 e. The molecule has 0 saturated heterocycles. The van der Waals surface area contributed by atoms with Gasteiger partial charge in [0.1, 0.15) is 6.10 Å². The van der Waals surface area contributed by atoms with Crippen molar-refractivity contribution in [1.29, 1.82) is 0 Å². The quantitative estimate of drug-likeness (QED) is 0.770. The third-order valence-electron chi connectivity index (χ3n) is 3.68. The van der Waals surface area contributed by atoms with Crippen LogP contribution in [0.5, 0.6) is 0 Å². The van der Waals surface area contributed by atoms with Crippen LogP contribution in [0.25, 0.3) is 0 Å². The van der Waals surface area contributed by atoms with Crippen LogP contribution >= 0.6 is 0 Å². The molecule has 110 valence electrons. The Kier molecular flexibility index (Phi) is 5.35. The summed E-state index contributed by atoms with van der Waals surface area (Å²) < 4.78 is 12.3. The monoisotopic (exact) mass is 279 g/mol. The molecule has 0 amide bonds. The van der Waals surface area contributed by atoms with Gasteiger partial charge in [0, 0.05) is 25.9 Å². The lowest BCUT2D eigenvalue weighted by Crippen LogP contribution is -2.36. The van der Waals surface area contributed by atoms with E-state index in [2.05, 4.69) is 0 Å². The number of hydrogen-bond donors (Lipinski definition) is 0. The molecule has 1 fully saturated rings. The lowest BCUT2D eigenvalue weighted by Gasteiger charge is -2.29. The number of carbonyl (C=O) groups is 1. The van der Waals surface area contributed by atoms with Crippen molar-refractivity contribution < 1.29 is 14.3 Å². The normalized spacial score (nSPS) is 22.4. The summed E-state index contributed by atoms with van der Waals surface area (Å²) in [6, 6.07) is 4.94. The highest BCUT2D eigenvalue weighted by atomic mass is 16.6. The van der Waals surface area contributed by atoms with Crippen LogP contribution in [0.2, 0.25) is 0 Å². The maximum absolute atomic E-state index is 11.9. The topological polar surface area (TPSA) is 57.5 Å². The average Bonchev–Trinajstić information content (AvgIpc) is 2.47. The Balaban J connectivity index is 1.83. The van der Waals surface area contributed by atoms with Gasteiger partial charge in [0.25, 0.3) is 5.56 Å². The van der Waals surface area contributed by atoms with Gasteiger partial charge in [-0.25, -0.2) is 0 Å². The van der Waals surface area contributed by atoms with Gasteiger partial charge in [0.05, 0.1) is 12.5 Å². The van der Waals surface area contributed by atoms with E-state index in [1.165, 1.54) is 10.6 Å². The summed E-state index contributed by atoms with van der Waals surface area (Å²) in [5, 5.41) is 0. The molecule has 0 N–H and O–H groups in total. The Labute approximate surface area is 118 Å². The zero-order valence-electron chi connectivity index (χ0n) is 11.8. The van der Waals surface area contributed by atoms with Crippen molar-refractivity contribution in [2.75, 3.05) is 7.11 Å². The lowest BCUT2D eigenvalue weighted by molar-refractivity contribution is -0.159. The number of rotatable bonds is 5. The van der Waals surface area contributed by atoms with E-state index in [0.29, 0.717) is 6.54 Å². The Morgan fingerprint density at radius 1 is 1.30 bits per heavy atom. The van der Waals surface area contributed by atoms with Gasteiger partial charge in [0.2, 0.25) is 0 Å². The molecule has 5 nitrogen and oxygen atoms in total. The van der Waals surface area contributed by atoms with Crippen molar-refractivity contribution in [3.8, 4) is 0 Å². The molecule has 2 atom stereocenters. The number of hydrogen-bond acceptors (Lipinski definition) is 4. The van der Waals surface area contributed by atoms with Crippen LogP contribution in [-0.2, 0) is 20.8 Å². The average molecular weight is 279 g/mol. The van der Waals surface area contributed by atoms with Gasteiger partial charge < -0.3 is 14.0 Å². The maximum atomic E-state index is 11.9. The third-order valence-corrected chi connectivity index (χ3v) is 3.68. The molecule has 20 heavy (non-hydrogen) atoms. The molecular weight excluding hydrogens is 258 g/mol. The van der Waals surface area contributed by atoms with Gasteiger partial charge in [-0.1, -0.05) is 12.5 Å². The van der Waals surface area contributed by atoms with Gasteiger partial charge in [-0.3, -0.25) is 9.59 Å². The molecular formula is C15H21NO4. The zero-order valence-corrected chi connectivity index (χ0v) is 11.8. The number of esters is 1. The number of aryl methyl sites for hydroxylation is 1. The van der Waals surface area contributed by atoms with E-state index in [1.807, 2.05) is 0 Å². The van der Waals surface area contributed by atoms with E-state index in [9.17, 15) is 9.59 Å². The van der Waals surface area contributed by atoms with E-state index < -0.39 is 0 Å². The second kappa shape index (κ2) is 7.24. The highest BCUT2D eigenvalue weighted by Gasteiger charge is 2.27. The molecule has 0 aromatic carbocycles. The fourth-order valence-corrected chi connectivity index (χ4v) is 2.55. The van der Waals surface area contributed by atoms with Crippen LogP contribution in [0, 0.1) is 0 Å². The maximum Gasteiger partial charge on any atom is 0.307 e. The first-order valence-electron chi connectivity index (χ1n) is 7.08. The van der Waals surface area contributed by atoms with Crippen LogP contribution in [0.3, 0.4) is 0 Å². The summed E-state index contributed by atoms with van der Waals surface area (Å²) in [4.78, 5) is 23.4. The molecule has 0 spiro atoms. The Morgan fingerprint density at radius 3 is 2.75 bits per heavy atom. The third kappa shape index (κ3) is 3.93. The van der Waals surface area contributed by atoms with Crippen molar-refractivity contribution in [3.63, 3.8) is 0 Å². The van der Waals surface area contributed by atoms with Gasteiger partial charge in [-0.2, -0.15) is 0 Å². The number of ether oxygens (including phenoxy) is 2. The van der Waals surface area contributed by atoms with E-state index in [0.717, 1.165) is 25.7 Å². The minimum absolute atomic E-state index is 0.00662. The first-order valence-corrected chi connectivity index (χ1v) is 7.08. The van der Waals surface area contributed by atoms with Gasteiger partial charge in [-0.15, -0.1) is 0 Å². The Hall–Kier alpha value is -1.62. The number of methoxy groups -OCH3 is 1. The standard InChI is InChI=1S/C15H21NO4/c1-19-12-6-2-3-7-13(12)20-15(18)9-11-16-10-5-4-8-14(16)17/h4-5,8,10,12-13H,2-3,6-7,9,11H2,1H3. The summed E-state index contributed by atoms with van der Waals surface area (Å²) in [6.45, 7) is 0.350. The molecule has 2 rings (SSSR count). The van der Waals surface area contributed by atoms with Gasteiger partial charge in [-0.05, 0) is 25.3 Å². The van der Waals surface area contributed by atoms with Gasteiger partial charge in [0.15, 0.2) is 0 Å². The summed E-state index contributed by atoms with van der Waals surface area (Å²) in [6.07, 6.45) is 5.72. The summed E-state index contributed by atoms with van der Waals surface area (Å²) in [7, 11) is 1.65. The van der Waals surface area contributed by atoms with Crippen molar-refractivity contribution in [1.82, 2.24) is 4.57 Å². The number of aromatic nitrogens is 1. The Morgan fingerprint density at radius 2 is 2.05 bits per heavy atom. The molecule has 1 aromatic heterocycles. The van der Waals surface area contributed by atoms with E-state index >= 15 is 0 Å². The smallest absolute Gasteiger partial charge is 0.307 e. The first-order chi connectivity index (χ1) is 9.70. The number of pyridine rings is 1. The summed E-state index contributed by atoms with van der Waals surface area (Å²) in [5.74, 6) is -0.269. The molecule has 1 aliphatic carbocycles. The second-order valence-electron chi connectivity index (χ2n) is 5.07. The molecule has 2 unspecified atom stereocenters. The molecule has 1 saturated carbocycles. The van der Waals surface area contributed by atoms with E-state index in [-0.39, 0.29) is 30.2 Å². The van der Waals surface area contributed by atoms with Crippen LogP contribution in [0.4, 0.5) is 0 Å². The van der Waals surface area contributed by atoms with E-state index in [4.69, 9.17) is 9.47 Å². The van der Waals surface area contributed by atoms with Crippen LogP contribution in [0.15, 0.2) is 29.2 Å². The van der Waals surface area contributed by atoms with Crippen LogP contribution in [0.1, 0.15) is 32.1 Å². The predicted molar refractivity (Wildman–Crippen MR) is 74.5 cm³/mol. The highest BCUT2D eigenvalue weighted by molar-refractivity contribution is 5.69. The molecule has 1 aromatic rings. The minimum atomic E-state index is -0.269. The fraction of sp³-hybridized carbons (Fsp3) is 0.600. The van der Waals surface area contributed by atoms with Crippen molar-refractivity contribution >= 4 is 5.97 Å². The Bertz CT molecular complexity index is 497. The second-order valence-corrected chi connectivity index (χ2v) is 5.07. The molecule has 1 heterocycles. The molecule has 0 radical (unpaired) electrons. The van der Waals surface area contributed by atoms with Crippen molar-refractivity contribution in [3.05, 3.63) is 34.7 Å². The molecule has 0 bridgehead atoms. The summed E-state index contributed by atoms with van der Waals surface area (Å²) >= 11 is 0. The lowest BCUT2D eigenvalue weighted by atomic mass is 9.94. The van der Waals surface area contributed by atoms with Crippen molar-refractivity contribution in [2.24, 2.45) is 0 Å². The number of nitrogens with zero attached hydrogens (tertiary/aromatic N) is 1. The number of carbonyl (C=O) groups excluding carboxylic acids is 1. The summed E-state index contributed by atoms with van der Waals surface area (Å²) in [5.41, 5.74) is -0.104. The highest BCUT2D eigenvalue weighted by Crippen LogP contribution is 2.23.